The number of hydrogen-bond acceptors (Lipinski definition) is 3. The quantitative estimate of drug-likeness (QED) is 0.818. The van der Waals surface area contributed by atoms with E-state index in [2.05, 4.69) is 10.0 Å². The van der Waals surface area contributed by atoms with Gasteiger partial charge in [-0.1, -0.05) is 11.6 Å². The zero-order chi connectivity index (χ0) is 13.2. The molecule has 2 rings (SSSR count). The van der Waals surface area contributed by atoms with Crippen LogP contribution in [0.25, 0.3) is 0 Å². The van der Waals surface area contributed by atoms with Crippen LogP contribution in [0, 0.1) is 0 Å². The Morgan fingerprint density at radius 1 is 1.44 bits per heavy atom. The molecule has 98 valence electrons. The number of anilines is 1. The first-order chi connectivity index (χ1) is 8.49. The Morgan fingerprint density at radius 2 is 2.22 bits per heavy atom. The molecule has 0 saturated heterocycles. The van der Waals surface area contributed by atoms with Gasteiger partial charge in [0.15, 0.2) is 0 Å². The van der Waals surface area contributed by atoms with Crippen molar-refractivity contribution in [1.29, 1.82) is 0 Å². The molecule has 1 heterocycles. The van der Waals surface area contributed by atoms with Gasteiger partial charge in [0.2, 0.25) is 10.0 Å². The number of nitrogens with one attached hydrogen (secondary N) is 2. The van der Waals surface area contributed by atoms with E-state index in [9.17, 15) is 8.42 Å². The summed E-state index contributed by atoms with van der Waals surface area (Å²) in [6.45, 7) is 5.09. The molecular weight excluding hydrogens is 248 g/mol. The summed E-state index contributed by atoms with van der Waals surface area (Å²) in [4.78, 5) is 0.340. The molecular formula is C13H18N2O2S. The summed E-state index contributed by atoms with van der Waals surface area (Å²) >= 11 is 0. The van der Waals surface area contributed by atoms with Gasteiger partial charge in [-0.25, -0.2) is 13.1 Å². The molecule has 0 saturated carbocycles. The summed E-state index contributed by atoms with van der Waals surface area (Å²) in [7, 11) is -3.40. The van der Waals surface area contributed by atoms with Crippen LogP contribution in [-0.4, -0.2) is 21.5 Å². The van der Waals surface area contributed by atoms with Crippen molar-refractivity contribution in [3.8, 4) is 0 Å². The third kappa shape index (κ3) is 2.91. The number of fused-ring (bicyclic) bond motifs is 1. The van der Waals surface area contributed by atoms with Gasteiger partial charge >= 0.3 is 0 Å². The predicted molar refractivity (Wildman–Crippen MR) is 73.3 cm³/mol. The lowest BCUT2D eigenvalue weighted by Crippen LogP contribution is -2.24. The molecule has 4 nitrogen and oxygen atoms in total. The number of allylic oxidation sites excluding steroid dienone is 1. The molecule has 1 aromatic carbocycles. The SMILES string of the molecule is CC(C)=CCNS(=O)(=O)c1ccc2c(c1)CCN2. The van der Waals surface area contributed by atoms with Gasteiger partial charge in [0.05, 0.1) is 4.90 Å². The Kier molecular flexibility index (Phi) is 3.73. The number of benzene rings is 1. The van der Waals surface area contributed by atoms with E-state index in [4.69, 9.17) is 0 Å². The first kappa shape index (κ1) is 13.1. The van der Waals surface area contributed by atoms with Gasteiger partial charge < -0.3 is 5.32 Å². The number of sulfonamides is 1. The van der Waals surface area contributed by atoms with Crippen LogP contribution in [-0.2, 0) is 16.4 Å². The second kappa shape index (κ2) is 5.12. The van der Waals surface area contributed by atoms with Crippen molar-refractivity contribution in [3.63, 3.8) is 0 Å². The van der Waals surface area contributed by atoms with Crippen molar-refractivity contribution in [2.75, 3.05) is 18.4 Å². The highest BCUT2D eigenvalue weighted by Crippen LogP contribution is 2.24. The second-order valence-electron chi connectivity index (χ2n) is 4.63. The Balaban J connectivity index is 2.17. The Hall–Kier alpha value is -1.33. The van der Waals surface area contributed by atoms with Crippen LogP contribution >= 0.6 is 0 Å². The first-order valence-electron chi connectivity index (χ1n) is 5.99. The van der Waals surface area contributed by atoms with Crippen LogP contribution in [0.3, 0.4) is 0 Å². The van der Waals surface area contributed by atoms with Crippen molar-refractivity contribution in [2.24, 2.45) is 0 Å². The molecule has 1 aliphatic heterocycles. The van der Waals surface area contributed by atoms with Crippen LogP contribution in [0.15, 0.2) is 34.7 Å². The van der Waals surface area contributed by atoms with Crippen molar-refractivity contribution in [1.82, 2.24) is 4.72 Å². The van der Waals surface area contributed by atoms with Crippen LogP contribution < -0.4 is 10.0 Å². The maximum atomic E-state index is 12.1. The summed E-state index contributed by atoms with van der Waals surface area (Å²) in [6, 6.07) is 5.22. The van der Waals surface area contributed by atoms with Gasteiger partial charge in [0.25, 0.3) is 0 Å². The topological polar surface area (TPSA) is 58.2 Å². The summed E-state index contributed by atoms with van der Waals surface area (Å²) in [6.07, 6.45) is 2.74. The van der Waals surface area contributed by atoms with E-state index in [0.717, 1.165) is 29.8 Å². The van der Waals surface area contributed by atoms with E-state index in [1.54, 1.807) is 12.1 Å². The zero-order valence-corrected chi connectivity index (χ0v) is 11.5. The lowest BCUT2D eigenvalue weighted by Gasteiger charge is -2.07. The van der Waals surface area contributed by atoms with Crippen molar-refractivity contribution in [3.05, 3.63) is 35.4 Å². The minimum absolute atomic E-state index is 0.333. The molecule has 0 fully saturated rings. The Morgan fingerprint density at radius 3 is 2.94 bits per heavy atom. The van der Waals surface area contributed by atoms with E-state index in [0.29, 0.717) is 11.4 Å². The lowest BCUT2D eigenvalue weighted by molar-refractivity contribution is 0.585. The van der Waals surface area contributed by atoms with Gasteiger partial charge in [-0.3, -0.25) is 0 Å². The molecule has 0 aromatic heterocycles. The third-order valence-corrected chi connectivity index (χ3v) is 4.30. The Labute approximate surface area is 108 Å². The molecule has 18 heavy (non-hydrogen) atoms. The van der Waals surface area contributed by atoms with Crippen molar-refractivity contribution >= 4 is 15.7 Å². The molecule has 1 aromatic rings. The van der Waals surface area contributed by atoms with E-state index in [-0.39, 0.29) is 0 Å². The van der Waals surface area contributed by atoms with E-state index in [1.165, 1.54) is 0 Å². The smallest absolute Gasteiger partial charge is 0.240 e. The normalized spacial score (nSPS) is 13.9. The predicted octanol–water partition coefficient (Wildman–Crippen LogP) is 1.90. The lowest BCUT2D eigenvalue weighted by atomic mass is 10.2. The molecule has 0 amide bonds. The molecule has 0 atom stereocenters. The second-order valence-corrected chi connectivity index (χ2v) is 6.40. The van der Waals surface area contributed by atoms with E-state index < -0.39 is 10.0 Å². The number of hydrogen-bond donors (Lipinski definition) is 2. The van der Waals surface area contributed by atoms with Crippen LogP contribution in [0.1, 0.15) is 19.4 Å². The molecule has 0 radical (unpaired) electrons. The Bertz CT molecular complexity index is 573. The first-order valence-corrected chi connectivity index (χ1v) is 7.47. The summed E-state index contributed by atoms with van der Waals surface area (Å²) in [5.41, 5.74) is 3.20. The molecule has 0 bridgehead atoms. The standard InChI is InChI=1S/C13H18N2O2S/c1-10(2)5-8-15-18(16,17)12-3-4-13-11(9-12)6-7-14-13/h3-5,9,14-15H,6-8H2,1-2H3. The van der Waals surface area contributed by atoms with E-state index in [1.807, 2.05) is 26.0 Å². The molecule has 1 aliphatic rings. The largest absolute Gasteiger partial charge is 0.384 e. The summed E-state index contributed by atoms with van der Waals surface area (Å²) < 4.78 is 26.7. The van der Waals surface area contributed by atoms with E-state index >= 15 is 0 Å². The zero-order valence-electron chi connectivity index (χ0n) is 10.7. The highest BCUT2D eigenvalue weighted by atomic mass is 32.2. The average molecular weight is 266 g/mol. The minimum atomic E-state index is -3.40. The molecule has 0 spiro atoms. The van der Waals surface area contributed by atoms with Gasteiger partial charge in [0, 0.05) is 18.8 Å². The molecule has 0 unspecified atom stereocenters. The fourth-order valence-corrected chi connectivity index (χ4v) is 2.90. The maximum absolute atomic E-state index is 12.1. The summed E-state index contributed by atoms with van der Waals surface area (Å²) in [5, 5.41) is 3.21. The third-order valence-electron chi connectivity index (χ3n) is 2.88. The van der Waals surface area contributed by atoms with Gasteiger partial charge in [0.1, 0.15) is 0 Å². The molecule has 0 aliphatic carbocycles. The van der Waals surface area contributed by atoms with Crippen molar-refractivity contribution in [2.45, 2.75) is 25.2 Å². The molecule has 5 heteroatoms. The highest BCUT2D eigenvalue weighted by molar-refractivity contribution is 7.89. The molecule has 2 N–H and O–H groups in total. The fraction of sp³-hybridized carbons (Fsp3) is 0.385. The van der Waals surface area contributed by atoms with Crippen LogP contribution in [0.4, 0.5) is 5.69 Å². The summed E-state index contributed by atoms with van der Waals surface area (Å²) in [5.74, 6) is 0. The van der Waals surface area contributed by atoms with Crippen molar-refractivity contribution < 1.29 is 8.42 Å². The monoisotopic (exact) mass is 266 g/mol. The maximum Gasteiger partial charge on any atom is 0.240 e. The van der Waals surface area contributed by atoms with Gasteiger partial charge in [-0.15, -0.1) is 0 Å². The average Bonchev–Trinajstić information content (AvgIpc) is 2.74. The number of rotatable bonds is 4. The van der Waals surface area contributed by atoms with Gasteiger partial charge in [-0.2, -0.15) is 0 Å². The van der Waals surface area contributed by atoms with Gasteiger partial charge in [-0.05, 0) is 44.0 Å². The fourth-order valence-electron chi connectivity index (χ4n) is 1.89. The minimum Gasteiger partial charge on any atom is -0.384 e. The van der Waals surface area contributed by atoms with Crippen LogP contribution in [0.5, 0.6) is 0 Å². The van der Waals surface area contributed by atoms with Crippen LogP contribution in [0.2, 0.25) is 0 Å². The highest BCUT2D eigenvalue weighted by Gasteiger charge is 2.17.